The molecule has 0 spiro atoms. The highest BCUT2D eigenvalue weighted by atomic mass is 16.5. The molecule has 0 radical (unpaired) electrons. The predicted octanol–water partition coefficient (Wildman–Crippen LogP) is 9.07. The topological polar surface area (TPSA) is 70.5 Å². The Labute approximate surface area is 241 Å². The summed E-state index contributed by atoms with van der Waals surface area (Å²) in [5.74, 6) is 1.89. The molecule has 0 saturated heterocycles. The van der Waals surface area contributed by atoms with E-state index in [2.05, 4.69) is 86.6 Å². The molecule has 40 heavy (non-hydrogen) atoms. The lowest BCUT2D eigenvalue weighted by molar-refractivity contribution is 0.00446. The summed E-state index contributed by atoms with van der Waals surface area (Å²) in [5, 5.41) is 0. The number of nitrogens with two attached hydrogens (primary N) is 2. The Morgan fingerprint density at radius 2 is 0.950 bits per heavy atom. The van der Waals surface area contributed by atoms with Gasteiger partial charge in [0.2, 0.25) is 0 Å². The molecule has 2 aromatic carbocycles. The van der Waals surface area contributed by atoms with Crippen LogP contribution in [0.3, 0.4) is 0 Å². The summed E-state index contributed by atoms with van der Waals surface area (Å²) < 4.78 is 13.7. The lowest BCUT2D eigenvalue weighted by atomic mass is 9.64. The van der Waals surface area contributed by atoms with E-state index >= 15 is 0 Å². The molecule has 0 heterocycles. The highest BCUT2D eigenvalue weighted by molar-refractivity contribution is 5.47. The smallest absolute Gasteiger partial charge is 0.136 e. The molecule has 2 aliphatic rings. The standard InChI is InChI=1S/C36H48N2O2/c1-24-18-20-35(33(4,5)6,39-29-14-10-27(37)11-15-29)22-31(24)26(3)32-23-36(34(7,8)9,21-19-25(32)2)40-30-16-12-28(38)13-17-30/h10-21,26H,22-23,37-38H2,1-9H3. The molecule has 2 unspecified atom stereocenters. The van der Waals surface area contributed by atoms with Gasteiger partial charge in [0.1, 0.15) is 22.7 Å². The first-order valence-electron chi connectivity index (χ1n) is 14.4. The fourth-order valence-corrected chi connectivity index (χ4v) is 5.86. The average Bonchev–Trinajstić information content (AvgIpc) is 2.87. The van der Waals surface area contributed by atoms with Gasteiger partial charge in [-0.2, -0.15) is 0 Å². The number of hydrogen-bond acceptors (Lipinski definition) is 4. The van der Waals surface area contributed by atoms with Crippen molar-refractivity contribution in [3.8, 4) is 11.5 Å². The minimum Gasteiger partial charge on any atom is -0.482 e. The molecule has 4 nitrogen and oxygen atoms in total. The van der Waals surface area contributed by atoms with Gasteiger partial charge in [-0.15, -0.1) is 0 Å². The van der Waals surface area contributed by atoms with Gasteiger partial charge in [0.25, 0.3) is 0 Å². The molecule has 4 rings (SSSR count). The summed E-state index contributed by atoms with van der Waals surface area (Å²) in [6.45, 7) is 20.4. The van der Waals surface area contributed by atoms with Gasteiger partial charge in [-0.1, -0.05) is 82.9 Å². The van der Waals surface area contributed by atoms with Gasteiger partial charge in [0, 0.05) is 35.0 Å². The van der Waals surface area contributed by atoms with Gasteiger partial charge < -0.3 is 20.9 Å². The zero-order chi connectivity index (χ0) is 29.5. The molecule has 0 aliphatic heterocycles. The summed E-state index contributed by atoms with van der Waals surface area (Å²) in [7, 11) is 0. The second-order valence-corrected chi connectivity index (χ2v) is 13.8. The summed E-state index contributed by atoms with van der Waals surface area (Å²) in [5.41, 5.74) is 17.6. The van der Waals surface area contributed by atoms with E-state index < -0.39 is 11.2 Å². The second kappa shape index (κ2) is 10.5. The Balaban J connectivity index is 1.69. The van der Waals surface area contributed by atoms with Crippen LogP contribution in [0.4, 0.5) is 11.4 Å². The van der Waals surface area contributed by atoms with Crippen molar-refractivity contribution in [1.29, 1.82) is 0 Å². The number of benzene rings is 2. The normalized spacial score (nSPS) is 24.3. The highest BCUT2D eigenvalue weighted by Gasteiger charge is 2.48. The molecule has 0 aromatic heterocycles. The molecule has 214 valence electrons. The SMILES string of the molecule is CC1=C(C(C)C2=C(C)C=CC(Oc3ccc(N)cc3)(C(C)(C)C)C2)CC(Oc2ccc(N)cc2)(C(C)(C)C)C=C1. The van der Waals surface area contributed by atoms with E-state index in [-0.39, 0.29) is 16.7 Å². The zero-order valence-electron chi connectivity index (χ0n) is 25.9. The molecule has 4 heteroatoms. The first-order valence-corrected chi connectivity index (χ1v) is 14.4. The Morgan fingerprint density at radius 3 is 1.25 bits per heavy atom. The molecule has 0 saturated carbocycles. The van der Waals surface area contributed by atoms with E-state index in [4.69, 9.17) is 20.9 Å². The summed E-state index contributed by atoms with van der Waals surface area (Å²) in [4.78, 5) is 0. The van der Waals surface area contributed by atoms with Gasteiger partial charge in [-0.3, -0.25) is 0 Å². The van der Waals surface area contributed by atoms with Crippen molar-refractivity contribution < 1.29 is 9.47 Å². The maximum Gasteiger partial charge on any atom is 0.136 e. The number of nitrogen functional groups attached to an aromatic ring is 2. The van der Waals surface area contributed by atoms with Crippen molar-refractivity contribution in [3.05, 3.63) is 95.1 Å². The number of rotatable bonds is 6. The largest absolute Gasteiger partial charge is 0.482 e. The number of allylic oxidation sites excluding steroid dienone is 4. The number of hydrogen-bond donors (Lipinski definition) is 2. The molecule has 2 aliphatic carbocycles. The number of anilines is 2. The molecule has 0 fully saturated rings. The van der Waals surface area contributed by atoms with Gasteiger partial charge in [-0.05, 0) is 80.4 Å². The minimum absolute atomic E-state index is 0.139. The van der Waals surface area contributed by atoms with Crippen LogP contribution in [0.5, 0.6) is 11.5 Å². The molecule has 2 aromatic rings. The second-order valence-electron chi connectivity index (χ2n) is 13.8. The summed E-state index contributed by atoms with van der Waals surface area (Å²) in [6, 6.07) is 15.5. The fraction of sp³-hybridized carbons (Fsp3) is 0.444. The summed E-state index contributed by atoms with van der Waals surface area (Å²) >= 11 is 0. The maximum absolute atomic E-state index is 6.85. The minimum atomic E-state index is -0.493. The van der Waals surface area contributed by atoms with Crippen molar-refractivity contribution in [1.82, 2.24) is 0 Å². The summed E-state index contributed by atoms with van der Waals surface area (Å²) in [6.07, 6.45) is 10.7. The van der Waals surface area contributed by atoms with Crippen LogP contribution in [0, 0.1) is 16.7 Å². The Hall–Kier alpha value is -3.40. The average molecular weight is 541 g/mol. The first kappa shape index (κ1) is 29.6. The van der Waals surface area contributed by atoms with Crippen LogP contribution in [0.25, 0.3) is 0 Å². The van der Waals surface area contributed by atoms with Crippen molar-refractivity contribution in [2.24, 2.45) is 16.7 Å². The van der Waals surface area contributed by atoms with Crippen molar-refractivity contribution in [2.45, 2.75) is 86.4 Å². The third kappa shape index (κ3) is 5.73. The Bertz CT molecular complexity index is 1240. The highest BCUT2D eigenvalue weighted by Crippen LogP contribution is 2.50. The molecule has 0 amide bonds. The maximum atomic E-state index is 6.85. The zero-order valence-corrected chi connectivity index (χ0v) is 25.9. The lowest BCUT2D eigenvalue weighted by Gasteiger charge is -2.48. The third-order valence-electron chi connectivity index (χ3n) is 9.07. The van der Waals surface area contributed by atoms with Crippen LogP contribution in [-0.2, 0) is 0 Å². The van der Waals surface area contributed by atoms with E-state index in [0.717, 1.165) is 35.7 Å². The van der Waals surface area contributed by atoms with Gasteiger partial charge in [-0.25, -0.2) is 0 Å². The van der Waals surface area contributed by atoms with Crippen molar-refractivity contribution >= 4 is 11.4 Å². The molecule has 0 bridgehead atoms. The first-order chi connectivity index (χ1) is 18.6. The van der Waals surface area contributed by atoms with E-state index in [9.17, 15) is 0 Å². The van der Waals surface area contributed by atoms with Gasteiger partial charge in [0.05, 0.1) is 0 Å². The molecule has 2 atom stereocenters. The fourth-order valence-electron chi connectivity index (χ4n) is 5.86. The Kier molecular flexibility index (Phi) is 7.79. The molecule has 4 N–H and O–H groups in total. The quantitative estimate of drug-likeness (QED) is 0.359. The van der Waals surface area contributed by atoms with Crippen LogP contribution in [0.15, 0.2) is 95.1 Å². The van der Waals surface area contributed by atoms with E-state index in [1.165, 1.54) is 22.3 Å². The van der Waals surface area contributed by atoms with Crippen LogP contribution < -0.4 is 20.9 Å². The van der Waals surface area contributed by atoms with Gasteiger partial charge in [0.15, 0.2) is 0 Å². The van der Waals surface area contributed by atoms with Crippen LogP contribution >= 0.6 is 0 Å². The van der Waals surface area contributed by atoms with Crippen molar-refractivity contribution in [3.63, 3.8) is 0 Å². The van der Waals surface area contributed by atoms with Crippen molar-refractivity contribution in [2.75, 3.05) is 11.5 Å². The Morgan fingerprint density at radius 1 is 0.625 bits per heavy atom. The molecular weight excluding hydrogens is 492 g/mol. The van der Waals surface area contributed by atoms with E-state index in [1.807, 2.05) is 48.5 Å². The predicted molar refractivity (Wildman–Crippen MR) is 169 cm³/mol. The van der Waals surface area contributed by atoms with Crippen LogP contribution in [-0.4, -0.2) is 11.2 Å². The van der Waals surface area contributed by atoms with Crippen LogP contribution in [0.2, 0.25) is 0 Å². The van der Waals surface area contributed by atoms with E-state index in [0.29, 0.717) is 0 Å². The number of ether oxygens (including phenoxy) is 2. The van der Waals surface area contributed by atoms with Gasteiger partial charge >= 0.3 is 0 Å². The monoisotopic (exact) mass is 540 g/mol. The lowest BCUT2D eigenvalue weighted by Crippen LogP contribution is -2.49. The van der Waals surface area contributed by atoms with Crippen LogP contribution in [0.1, 0.15) is 75.2 Å². The molecular formula is C36H48N2O2. The third-order valence-corrected chi connectivity index (χ3v) is 9.07. The van der Waals surface area contributed by atoms with E-state index in [1.54, 1.807) is 0 Å².